The fraction of sp³-hybridized carbons (Fsp3) is 0.143. The Morgan fingerprint density at radius 3 is 2.29 bits per heavy atom. The number of carboxylic acids is 1. The van der Waals surface area contributed by atoms with Gasteiger partial charge in [0.25, 0.3) is 0 Å². The number of rotatable bonds is 9. The third-order valence-corrected chi connectivity index (χ3v) is 5.30. The van der Waals surface area contributed by atoms with E-state index in [1.54, 1.807) is 25.3 Å². The zero-order valence-corrected chi connectivity index (χ0v) is 19.0. The first-order valence-corrected chi connectivity index (χ1v) is 10.8. The van der Waals surface area contributed by atoms with E-state index >= 15 is 0 Å². The third kappa shape index (κ3) is 5.53. The van der Waals surface area contributed by atoms with Crippen LogP contribution >= 0.6 is 0 Å². The highest BCUT2D eigenvalue weighted by Gasteiger charge is 2.17. The molecule has 0 bridgehead atoms. The first-order chi connectivity index (χ1) is 16.5. The molecule has 0 radical (unpaired) electrons. The molecule has 0 aliphatic rings. The van der Waals surface area contributed by atoms with Gasteiger partial charge in [0.1, 0.15) is 30.5 Å². The van der Waals surface area contributed by atoms with Crippen molar-refractivity contribution in [3.8, 4) is 28.5 Å². The van der Waals surface area contributed by atoms with E-state index in [0.717, 1.165) is 16.7 Å². The first kappa shape index (κ1) is 22.9. The molecule has 0 aliphatic heterocycles. The Kier molecular flexibility index (Phi) is 7.08. The molecule has 1 N–H and O–H groups in total. The zero-order chi connectivity index (χ0) is 23.9. The number of carbonyl (C=O) groups is 1. The molecule has 4 rings (SSSR count). The van der Waals surface area contributed by atoms with Gasteiger partial charge in [0, 0.05) is 11.6 Å². The van der Waals surface area contributed by atoms with Crippen LogP contribution in [-0.2, 0) is 13.2 Å². The lowest BCUT2D eigenvalue weighted by atomic mass is 10.1. The van der Waals surface area contributed by atoms with E-state index in [-0.39, 0.29) is 12.2 Å². The summed E-state index contributed by atoms with van der Waals surface area (Å²) < 4.78 is 17.3. The van der Waals surface area contributed by atoms with Crippen molar-refractivity contribution in [2.75, 3.05) is 7.11 Å². The molecule has 3 aromatic carbocycles. The number of methoxy groups -OCH3 is 1. The predicted molar refractivity (Wildman–Crippen MR) is 129 cm³/mol. The average molecular weight is 456 g/mol. The number of pyridine rings is 1. The Balaban J connectivity index is 1.65. The molecular weight excluding hydrogens is 430 g/mol. The number of carboxylic acid groups (broad SMARTS) is 1. The molecular formula is C28H25NO5. The van der Waals surface area contributed by atoms with Gasteiger partial charge < -0.3 is 19.3 Å². The number of aryl methyl sites for hydroxylation is 1. The highest BCUT2D eigenvalue weighted by atomic mass is 16.5. The van der Waals surface area contributed by atoms with E-state index in [1.165, 1.54) is 0 Å². The van der Waals surface area contributed by atoms with Gasteiger partial charge in [-0.05, 0) is 48.9 Å². The Hall–Kier alpha value is -4.32. The molecule has 0 unspecified atom stereocenters. The summed E-state index contributed by atoms with van der Waals surface area (Å²) in [7, 11) is 1.59. The van der Waals surface area contributed by atoms with Crippen LogP contribution in [0.5, 0.6) is 17.2 Å². The van der Waals surface area contributed by atoms with Gasteiger partial charge in [-0.25, -0.2) is 9.78 Å². The number of nitrogens with zero attached hydrogens (tertiary/aromatic N) is 1. The summed E-state index contributed by atoms with van der Waals surface area (Å²) in [6.07, 6.45) is 0. The minimum Gasteiger partial charge on any atom is -0.497 e. The van der Waals surface area contributed by atoms with Crippen molar-refractivity contribution < 1.29 is 24.1 Å². The SMILES string of the molecule is COc1ccc(-c2ccc(C(=O)O)c(COc3ccc(C)cc3)n2)c(OCc2ccccc2)c1. The van der Waals surface area contributed by atoms with Crippen molar-refractivity contribution in [3.63, 3.8) is 0 Å². The Morgan fingerprint density at radius 2 is 1.59 bits per heavy atom. The lowest BCUT2D eigenvalue weighted by Crippen LogP contribution is -2.09. The van der Waals surface area contributed by atoms with Crippen molar-refractivity contribution in [1.82, 2.24) is 4.98 Å². The zero-order valence-electron chi connectivity index (χ0n) is 19.0. The van der Waals surface area contributed by atoms with Crippen molar-refractivity contribution in [2.24, 2.45) is 0 Å². The van der Waals surface area contributed by atoms with Crippen LogP contribution in [0.25, 0.3) is 11.3 Å². The Bertz CT molecular complexity index is 1270. The summed E-state index contributed by atoms with van der Waals surface area (Å²) in [6, 6.07) is 26.1. The number of aromatic nitrogens is 1. The van der Waals surface area contributed by atoms with Gasteiger partial charge in [-0.15, -0.1) is 0 Å². The molecule has 0 saturated heterocycles. The van der Waals surface area contributed by atoms with Gasteiger partial charge in [-0.3, -0.25) is 0 Å². The minimum atomic E-state index is -1.06. The van der Waals surface area contributed by atoms with Gasteiger partial charge in [-0.2, -0.15) is 0 Å². The van der Waals surface area contributed by atoms with Crippen LogP contribution in [0, 0.1) is 6.92 Å². The molecule has 0 aliphatic carbocycles. The minimum absolute atomic E-state index is 0.0227. The molecule has 0 spiro atoms. The smallest absolute Gasteiger partial charge is 0.337 e. The fourth-order valence-electron chi connectivity index (χ4n) is 3.44. The molecule has 1 aromatic heterocycles. The summed E-state index contributed by atoms with van der Waals surface area (Å²) in [5, 5.41) is 9.66. The summed E-state index contributed by atoms with van der Waals surface area (Å²) in [4.78, 5) is 16.4. The highest BCUT2D eigenvalue weighted by Crippen LogP contribution is 2.34. The molecule has 4 aromatic rings. The van der Waals surface area contributed by atoms with E-state index in [4.69, 9.17) is 14.2 Å². The van der Waals surface area contributed by atoms with Gasteiger partial charge in [0.2, 0.25) is 0 Å². The summed E-state index contributed by atoms with van der Waals surface area (Å²) >= 11 is 0. The second kappa shape index (κ2) is 10.5. The van der Waals surface area contributed by atoms with E-state index in [9.17, 15) is 9.90 Å². The molecule has 0 amide bonds. The maximum absolute atomic E-state index is 11.8. The van der Waals surface area contributed by atoms with Crippen molar-refractivity contribution in [3.05, 3.63) is 107 Å². The normalized spacial score (nSPS) is 10.5. The van der Waals surface area contributed by atoms with E-state index in [0.29, 0.717) is 35.2 Å². The van der Waals surface area contributed by atoms with Gasteiger partial charge in [-0.1, -0.05) is 48.0 Å². The van der Waals surface area contributed by atoms with Gasteiger partial charge in [0.15, 0.2) is 0 Å². The Labute approximate surface area is 198 Å². The van der Waals surface area contributed by atoms with E-state index in [2.05, 4.69) is 4.98 Å². The number of aromatic carboxylic acids is 1. The van der Waals surface area contributed by atoms with Crippen LogP contribution in [0.15, 0.2) is 84.9 Å². The van der Waals surface area contributed by atoms with E-state index in [1.807, 2.05) is 73.7 Å². The van der Waals surface area contributed by atoms with Crippen LogP contribution in [-0.4, -0.2) is 23.2 Å². The molecule has 0 saturated carbocycles. The third-order valence-electron chi connectivity index (χ3n) is 5.30. The molecule has 1 heterocycles. The maximum atomic E-state index is 11.8. The van der Waals surface area contributed by atoms with Crippen LogP contribution < -0.4 is 14.2 Å². The predicted octanol–water partition coefficient (Wildman–Crippen LogP) is 5.92. The Morgan fingerprint density at radius 1 is 0.853 bits per heavy atom. The number of ether oxygens (including phenoxy) is 3. The quantitative estimate of drug-likeness (QED) is 0.337. The van der Waals surface area contributed by atoms with Gasteiger partial charge >= 0.3 is 5.97 Å². The highest BCUT2D eigenvalue weighted by molar-refractivity contribution is 5.89. The standard InChI is InChI=1S/C28H25NO5/c1-19-8-10-21(11-9-19)33-18-26-24(28(30)31)14-15-25(29-26)23-13-12-22(32-2)16-27(23)34-17-20-6-4-3-5-7-20/h3-16H,17-18H2,1-2H3,(H,30,31). The second-order valence-electron chi connectivity index (χ2n) is 7.73. The second-order valence-corrected chi connectivity index (χ2v) is 7.73. The van der Waals surface area contributed by atoms with Crippen LogP contribution in [0.4, 0.5) is 0 Å². The summed E-state index contributed by atoms with van der Waals surface area (Å²) in [5.41, 5.74) is 3.87. The van der Waals surface area contributed by atoms with E-state index < -0.39 is 5.97 Å². The number of hydrogen-bond donors (Lipinski definition) is 1. The number of benzene rings is 3. The fourth-order valence-corrected chi connectivity index (χ4v) is 3.44. The van der Waals surface area contributed by atoms with Crippen molar-refractivity contribution >= 4 is 5.97 Å². The van der Waals surface area contributed by atoms with Gasteiger partial charge in [0.05, 0.1) is 24.1 Å². The van der Waals surface area contributed by atoms with Crippen LogP contribution in [0.1, 0.15) is 27.2 Å². The monoisotopic (exact) mass is 455 g/mol. The van der Waals surface area contributed by atoms with Crippen molar-refractivity contribution in [2.45, 2.75) is 20.1 Å². The summed E-state index contributed by atoms with van der Waals surface area (Å²) in [6.45, 7) is 2.39. The first-order valence-electron chi connectivity index (χ1n) is 10.8. The molecule has 0 atom stereocenters. The van der Waals surface area contributed by atoms with Crippen LogP contribution in [0.3, 0.4) is 0 Å². The molecule has 0 fully saturated rings. The maximum Gasteiger partial charge on any atom is 0.337 e. The molecule has 172 valence electrons. The lowest BCUT2D eigenvalue weighted by molar-refractivity contribution is 0.0693. The molecule has 34 heavy (non-hydrogen) atoms. The number of hydrogen-bond acceptors (Lipinski definition) is 5. The van der Waals surface area contributed by atoms with Crippen LogP contribution in [0.2, 0.25) is 0 Å². The largest absolute Gasteiger partial charge is 0.497 e. The summed E-state index contributed by atoms with van der Waals surface area (Å²) in [5.74, 6) is 0.823. The average Bonchev–Trinajstić information content (AvgIpc) is 2.87. The lowest BCUT2D eigenvalue weighted by Gasteiger charge is -2.15. The topological polar surface area (TPSA) is 77.9 Å². The molecule has 6 nitrogen and oxygen atoms in total. The molecule has 6 heteroatoms. The van der Waals surface area contributed by atoms with Crippen molar-refractivity contribution in [1.29, 1.82) is 0 Å².